The number of ether oxygens (including phenoxy) is 3. The van der Waals surface area contributed by atoms with Gasteiger partial charge < -0.3 is 35.9 Å². The Bertz CT molecular complexity index is 1710. The molecule has 0 aliphatic heterocycles. The number of amides is 2. The molecule has 4 aromatic rings. The number of carbonyl (C=O) groups excluding carboxylic acids is 3. The third-order valence-corrected chi connectivity index (χ3v) is 8.14. The van der Waals surface area contributed by atoms with Crippen molar-refractivity contribution in [2.45, 2.75) is 58.4 Å². The second-order valence-corrected chi connectivity index (χ2v) is 12.2. The van der Waals surface area contributed by atoms with Gasteiger partial charge in [-0.15, -0.1) is 0 Å². The third-order valence-electron chi connectivity index (χ3n) is 8.14. The van der Waals surface area contributed by atoms with E-state index in [1.165, 1.54) is 18.2 Å². The number of nitrogens with zero attached hydrogens (tertiary/aromatic N) is 1. The molecule has 0 bridgehead atoms. The maximum atomic E-state index is 13.8. The van der Waals surface area contributed by atoms with Crippen molar-refractivity contribution in [3.63, 3.8) is 0 Å². The van der Waals surface area contributed by atoms with Crippen LogP contribution in [0.15, 0.2) is 97.1 Å². The molecule has 0 aliphatic carbocycles. The van der Waals surface area contributed by atoms with E-state index in [9.17, 15) is 14.4 Å². The van der Waals surface area contributed by atoms with Crippen molar-refractivity contribution >= 4 is 17.8 Å². The summed E-state index contributed by atoms with van der Waals surface area (Å²) in [7, 11) is 1.61. The first-order chi connectivity index (χ1) is 24.2. The van der Waals surface area contributed by atoms with E-state index >= 15 is 0 Å². The first kappa shape index (κ1) is 37.6. The Morgan fingerprint density at radius 3 is 2.06 bits per heavy atom. The van der Waals surface area contributed by atoms with Crippen molar-refractivity contribution in [3.05, 3.63) is 130 Å². The number of nitrogens with one attached hydrogen (secondary N) is 1. The lowest BCUT2D eigenvalue weighted by Crippen LogP contribution is -2.46. The number of esters is 1. The molecular formula is C40H48N4O6. The minimum atomic E-state index is -0.782. The number of rotatable bonds is 19. The van der Waals surface area contributed by atoms with Crippen molar-refractivity contribution in [2.75, 3.05) is 26.7 Å². The molecule has 0 spiro atoms. The van der Waals surface area contributed by atoms with Gasteiger partial charge in [0.2, 0.25) is 5.91 Å². The van der Waals surface area contributed by atoms with Crippen molar-refractivity contribution < 1.29 is 28.6 Å². The largest absolute Gasteiger partial charge is 0.497 e. The van der Waals surface area contributed by atoms with Crippen molar-refractivity contribution in [1.29, 1.82) is 0 Å². The van der Waals surface area contributed by atoms with E-state index in [4.69, 9.17) is 25.7 Å². The van der Waals surface area contributed by atoms with Crippen LogP contribution in [0.3, 0.4) is 0 Å². The van der Waals surface area contributed by atoms with Crippen LogP contribution in [0.25, 0.3) is 0 Å². The molecule has 0 aromatic heterocycles. The summed E-state index contributed by atoms with van der Waals surface area (Å²) < 4.78 is 17.4. The van der Waals surface area contributed by atoms with E-state index < -0.39 is 24.0 Å². The molecule has 4 rings (SSSR count). The zero-order chi connectivity index (χ0) is 35.9. The van der Waals surface area contributed by atoms with Crippen molar-refractivity contribution in [1.82, 2.24) is 10.2 Å². The van der Waals surface area contributed by atoms with E-state index in [-0.39, 0.29) is 29.1 Å². The number of hydrogen-bond acceptors (Lipinski definition) is 8. The van der Waals surface area contributed by atoms with E-state index in [0.717, 1.165) is 35.3 Å². The lowest BCUT2D eigenvalue weighted by atomic mass is 10.0. The summed E-state index contributed by atoms with van der Waals surface area (Å²) >= 11 is 0. The lowest BCUT2D eigenvalue weighted by molar-refractivity contribution is 0.0238. The molecule has 10 nitrogen and oxygen atoms in total. The summed E-state index contributed by atoms with van der Waals surface area (Å²) in [6.45, 7) is 6.19. The average Bonchev–Trinajstić information content (AvgIpc) is 3.13. The van der Waals surface area contributed by atoms with Gasteiger partial charge in [-0.25, -0.2) is 4.79 Å². The van der Waals surface area contributed by atoms with Gasteiger partial charge in [-0.1, -0.05) is 68.4 Å². The minimum Gasteiger partial charge on any atom is -0.497 e. The molecule has 0 saturated carbocycles. The van der Waals surface area contributed by atoms with Crippen LogP contribution in [0.4, 0.5) is 0 Å². The van der Waals surface area contributed by atoms with Gasteiger partial charge in [-0.2, -0.15) is 0 Å². The summed E-state index contributed by atoms with van der Waals surface area (Å²) in [5.74, 6) is -0.330. The van der Waals surface area contributed by atoms with Gasteiger partial charge in [0, 0.05) is 43.3 Å². The zero-order valence-corrected chi connectivity index (χ0v) is 29.1. The highest BCUT2D eigenvalue weighted by Crippen LogP contribution is 2.20. The SMILES string of the molecule is CCCN(CCC)C(=O)c1cc(C(N)=O)cc(C(=O)O[C@H](CNCc2cccc(OC)c2)[C@@H](N)Cc2cccc(OCc3ccccc3)c2)c1. The number of hydrogen-bond donors (Lipinski definition) is 3. The first-order valence-electron chi connectivity index (χ1n) is 17.0. The van der Waals surface area contributed by atoms with E-state index in [2.05, 4.69) is 5.32 Å². The summed E-state index contributed by atoms with van der Waals surface area (Å²) in [6, 6.07) is 28.8. The summed E-state index contributed by atoms with van der Waals surface area (Å²) in [5.41, 5.74) is 15.6. The van der Waals surface area contributed by atoms with E-state index in [1.807, 2.05) is 92.7 Å². The topological polar surface area (TPSA) is 146 Å². The molecule has 2 amide bonds. The van der Waals surface area contributed by atoms with Gasteiger partial charge in [-0.05, 0) is 78.4 Å². The van der Waals surface area contributed by atoms with Gasteiger partial charge in [0.25, 0.3) is 5.91 Å². The van der Waals surface area contributed by atoms with Crippen LogP contribution in [0.2, 0.25) is 0 Å². The predicted octanol–water partition coefficient (Wildman–Crippen LogP) is 5.52. The standard InChI is InChI=1S/C40H48N4O6/c1-4-17-44(18-5-2)39(46)32-22-31(38(42)45)23-33(24-32)40(47)50-37(26-43-25-30-14-10-15-34(20-30)48-3)36(41)21-29-13-9-16-35(19-29)49-27-28-11-7-6-8-12-28/h6-16,19-20,22-24,36-37,43H,4-5,17-18,21,25-27,41H2,1-3H3,(H2,42,45)/t36-,37+/m0/s1. The number of benzene rings is 4. The van der Waals surface area contributed by atoms with Crippen LogP contribution in [0.1, 0.15) is 74.5 Å². The van der Waals surface area contributed by atoms with Crippen LogP contribution in [-0.4, -0.2) is 61.6 Å². The zero-order valence-electron chi connectivity index (χ0n) is 29.1. The summed E-state index contributed by atoms with van der Waals surface area (Å²) in [5, 5.41) is 3.36. The molecule has 50 heavy (non-hydrogen) atoms. The molecule has 0 unspecified atom stereocenters. The Kier molecular flexibility index (Phi) is 14.4. The lowest BCUT2D eigenvalue weighted by Gasteiger charge is -2.25. The molecule has 10 heteroatoms. The number of methoxy groups -OCH3 is 1. The predicted molar refractivity (Wildman–Crippen MR) is 194 cm³/mol. The smallest absolute Gasteiger partial charge is 0.338 e. The molecule has 0 aliphatic rings. The average molecular weight is 681 g/mol. The maximum Gasteiger partial charge on any atom is 0.338 e. The highest BCUT2D eigenvalue weighted by Gasteiger charge is 2.26. The van der Waals surface area contributed by atoms with Gasteiger partial charge in [0.1, 0.15) is 24.2 Å². The Balaban J connectivity index is 1.55. The Hall–Kier alpha value is -5.19. The Morgan fingerprint density at radius 1 is 0.760 bits per heavy atom. The van der Waals surface area contributed by atoms with Gasteiger partial charge in [0.15, 0.2) is 0 Å². The van der Waals surface area contributed by atoms with Crippen LogP contribution >= 0.6 is 0 Å². The monoisotopic (exact) mass is 680 g/mol. The van der Waals surface area contributed by atoms with Crippen molar-refractivity contribution in [3.8, 4) is 11.5 Å². The number of nitrogens with two attached hydrogens (primary N) is 2. The second kappa shape index (κ2) is 19.1. The second-order valence-electron chi connectivity index (χ2n) is 12.2. The number of carbonyl (C=O) groups is 3. The maximum absolute atomic E-state index is 13.8. The quantitative estimate of drug-likeness (QED) is 0.110. The first-order valence-corrected chi connectivity index (χ1v) is 17.0. The molecule has 2 atom stereocenters. The minimum absolute atomic E-state index is 0.0407. The normalized spacial score (nSPS) is 12.1. The fraction of sp³-hybridized carbons (Fsp3) is 0.325. The van der Waals surface area contributed by atoms with Gasteiger partial charge in [-0.3, -0.25) is 9.59 Å². The molecule has 0 heterocycles. The number of primary amides is 1. The van der Waals surface area contributed by atoms with Gasteiger partial charge in [0.05, 0.1) is 12.7 Å². The molecule has 4 aromatic carbocycles. The van der Waals surface area contributed by atoms with Crippen LogP contribution in [0.5, 0.6) is 11.5 Å². The molecule has 264 valence electrons. The fourth-order valence-corrected chi connectivity index (χ4v) is 5.58. The highest BCUT2D eigenvalue weighted by molar-refractivity contribution is 6.03. The molecule has 5 N–H and O–H groups in total. The molecule has 0 fully saturated rings. The van der Waals surface area contributed by atoms with Gasteiger partial charge >= 0.3 is 5.97 Å². The van der Waals surface area contributed by atoms with Crippen molar-refractivity contribution in [2.24, 2.45) is 11.5 Å². The molecular weight excluding hydrogens is 632 g/mol. The third kappa shape index (κ3) is 11.2. The van der Waals surface area contributed by atoms with E-state index in [0.29, 0.717) is 38.4 Å². The fourth-order valence-electron chi connectivity index (χ4n) is 5.58. The summed E-state index contributed by atoms with van der Waals surface area (Å²) in [6.07, 6.45) is 1.13. The Morgan fingerprint density at radius 2 is 1.38 bits per heavy atom. The molecule has 0 saturated heterocycles. The van der Waals surface area contributed by atoms with Crippen LogP contribution in [-0.2, 0) is 24.3 Å². The van der Waals surface area contributed by atoms with Crippen LogP contribution in [0, 0.1) is 0 Å². The van der Waals surface area contributed by atoms with Crippen LogP contribution < -0.4 is 26.3 Å². The highest BCUT2D eigenvalue weighted by atomic mass is 16.5. The Labute approximate surface area is 294 Å². The van der Waals surface area contributed by atoms with E-state index in [1.54, 1.807) is 12.0 Å². The summed E-state index contributed by atoms with van der Waals surface area (Å²) in [4.78, 5) is 41.2. The molecule has 0 radical (unpaired) electrons.